The second kappa shape index (κ2) is 5.10. The van der Waals surface area contributed by atoms with Crippen LogP contribution in [0, 0.1) is 0 Å². The van der Waals surface area contributed by atoms with E-state index >= 15 is 0 Å². The summed E-state index contributed by atoms with van der Waals surface area (Å²) in [6, 6.07) is 8.49. The van der Waals surface area contributed by atoms with Crippen LogP contribution in [0.2, 0.25) is 0 Å². The van der Waals surface area contributed by atoms with Gasteiger partial charge in [0, 0.05) is 13.1 Å². The van der Waals surface area contributed by atoms with Crippen molar-refractivity contribution in [3.63, 3.8) is 0 Å². The second-order valence-corrected chi connectivity index (χ2v) is 6.25. The van der Waals surface area contributed by atoms with Gasteiger partial charge in [-0.25, -0.2) is 12.7 Å². The summed E-state index contributed by atoms with van der Waals surface area (Å²) in [5, 5.41) is 0.583. The van der Waals surface area contributed by atoms with Gasteiger partial charge in [0.05, 0.1) is 4.90 Å². The van der Waals surface area contributed by atoms with E-state index in [2.05, 4.69) is 4.99 Å². The Morgan fingerprint density at radius 1 is 1.29 bits per heavy atom. The lowest BCUT2D eigenvalue weighted by atomic mass is 10.4. The predicted molar refractivity (Wildman–Crippen MR) is 70.8 cm³/mol. The zero-order chi connectivity index (χ0) is 12.3. The van der Waals surface area contributed by atoms with Crippen LogP contribution in [0.4, 0.5) is 0 Å². The lowest BCUT2D eigenvalue weighted by Gasteiger charge is -2.27. The van der Waals surface area contributed by atoms with E-state index in [1.807, 2.05) is 6.26 Å². The van der Waals surface area contributed by atoms with E-state index < -0.39 is 10.0 Å². The molecule has 0 aliphatic carbocycles. The minimum absolute atomic E-state index is 0.323. The Balaban J connectivity index is 2.39. The Bertz CT molecular complexity index is 512. The van der Waals surface area contributed by atoms with E-state index in [1.54, 1.807) is 30.3 Å². The molecule has 1 heterocycles. The van der Waals surface area contributed by atoms with Crippen LogP contribution in [-0.2, 0) is 10.0 Å². The van der Waals surface area contributed by atoms with Crippen molar-refractivity contribution in [2.24, 2.45) is 4.99 Å². The standard InChI is InChI=1S/C11H14N2O2S2/c1-16-11-12-8-5-9-13(11)17(14,15)10-6-3-2-4-7-10/h2-4,6-7H,5,8-9H2,1H3. The number of sulfonamides is 1. The summed E-state index contributed by atoms with van der Waals surface area (Å²) in [4.78, 5) is 4.57. The summed E-state index contributed by atoms with van der Waals surface area (Å²) >= 11 is 1.37. The molecule has 0 saturated heterocycles. The first kappa shape index (κ1) is 12.4. The molecule has 92 valence electrons. The summed E-state index contributed by atoms with van der Waals surface area (Å²) in [5.41, 5.74) is 0. The minimum Gasteiger partial charge on any atom is -0.262 e. The largest absolute Gasteiger partial charge is 0.265 e. The van der Waals surface area contributed by atoms with Crippen molar-refractivity contribution in [1.82, 2.24) is 4.31 Å². The van der Waals surface area contributed by atoms with Crippen molar-refractivity contribution in [2.75, 3.05) is 19.3 Å². The molecule has 0 atom stereocenters. The highest BCUT2D eigenvalue weighted by Crippen LogP contribution is 2.21. The summed E-state index contributed by atoms with van der Waals surface area (Å²) < 4.78 is 26.2. The van der Waals surface area contributed by atoms with Crippen LogP contribution >= 0.6 is 11.8 Å². The van der Waals surface area contributed by atoms with Crippen LogP contribution in [0.5, 0.6) is 0 Å². The Labute approximate surface area is 106 Å². The molecule has 0 fully saturated rings. The van der Waals surface area contributed by atoms with Crippen molar-refractivity contribution in [3.05, 3.63) is 30.3 Å². The second-order valence-electron chi connectivity index (χ2n) is 3.61. The molecule has 4 nitrogen and oxygen atoms in total. The van der Waals surface area contributed by atoms with Crippen LogP contribution in [0.3, 0.4) is 0 Å². The number of aliphatic imine (C=N–C) groups is 1. The van der Waals surface area contributed by atoms with E-state index in [0.29, 0.717) is 23.2 Å². The summed E-state index contributed by atoms with van der Waals surface area (Å²) in [7, 11) is -3.44. The van der Waals surface area contributed by atoms with Gasteiger partial charge >= 0.3 is 0 Å². The van der Waals surface area contributed by atoms with Crippen LogP contribution in [0.25, 0.3) is 0 Å². The Morgan fingerprint density at radius 2 is 2.00 bits per heavy atom. The van der Waals surface area contributed by atoms with Gasteiger partial charge in [0.25, 0.3) is 10.0 Å². The molecule has 1 aliphatic rings. The third-order valence-corrected chi connectivity index (χ3v) is 5.13. The first-order valence-corrected chi connectivity index (χ1v) is 7.99. The quantitative estimate of drug-likeness (QED) is 0.823. The lowest BCUT2D eigenvalue weighted by molar-refractivity contribution is 0.506. The number of nitrogens with zero attached hydrogens (tertiary/aromatic N) is 2. The van der Waals surface area contributed by atoms with Gasteiger partial charge in [0.15, 0.2) is 5.17 Å². The van der Waals surface area contributed by atoms with Crippen LogP contribution in [0.15, 0.2) is 40.2 Å². The number of hydrogen-bond donors (Lipinski definition) is 0. The van der Waals surface area contributed by atoms with E-state index in [-0.39, 0.29) is 0 Å². The fourth-order valence-electron chi connectivity index (χ4n) is 1.67. The zero-order valence-electron chi connectivity index (χ0n) is 9.54. The van der Waals surface area contributed by atoms with Crippen LogP contribution in [-0.4, -0.2) is 37.2 Å². The first-order valence-electron chi connectivity index (χ1n) is 5.32. The molecule has 0 spiro atoms. The van der Waals surface area contributed by atoms with Crippen molar-refractivity contribution in [2.45, 2.75) is 11.3 Å². The minimum atomic E-state index is -3.44. The summed E-state index contributed by atoms with van der Waals surface area (Å²) in [6.07, 6.45) is 2.62. The van der Waals surface area contributed by atoms with Gasteiger partial charge in [-0.2, -0.15) is 0 Å². The summed E-state index contributed by atoms with van der Waals surface area (Å²) in [5.74, 6) is 0. The molecular formula is C11H14N2O2S2. The molecule has 0 amide bonds. The van der Waals surface area contributed by atoms with Gasteiger partial charge in [-0.3, -0.25) is 4.99 Å². The predicted octanol–water partition coefficient (Wildman–Crippen LogP) is 1.80. The molecule has 0 N–H and O–H groups in total. The Kier molecular flexibility index (Phi) is 3.73. The molecule has 1 aromatic carbocycles. The van der Waals surface area contributed by atoms with Gasteiger partial charge in [0.1, 0.15) is 0 Å². The highest BCUT2D eigenvalue weighted by Gasteiger charge is 2.28. The van der Waals surface area contributed by atoms with Crippen molar-refractivity contribution in [1.29, 1.82) is 0 Å². The van der Waals surface area contributed by atoms with E-state index in [9.17, 15) is 8.42 Å². The van der Waals surface area contributed by atoms with Crippen molar-refractivity contribution >= 4 is 27.0 Å². The molecule has 1 aliphatic heterocycles. The number of thioether (sulfide) groups is 1. The fraction of sp³-hybridized carbons (Fsp3) is 0.364. The van der Waals surface area contributed by atoms with Crippen LogP contribution in [0.1, 0.15) is 6.42 Å². The van der Waals surface area contributed by atoms with E-state index in [1.165, 1.54) is 16.1 Å². The third-order valence-electron chi connectivity index (χ3n) is 2.49. The monoisotopic (exact) mass is 270 g/mol. The molecule has 0 radical (unpaired) electrons. The molecule has 0 unspecified atom stereocenters. The normalized spacial score (nSPS) is 16.8. The number of rotatable bonds is 2. The molecule has 0 saturated carbocycles. The molecule has 0 bridgehead atoms. The van der Waals surface area contributed by atoms with Gasteiger partial charge in [-0.1, -0.05) is 30.0 Å². The van der Waals surface area contributed by atoms with Gasteiger partial charge < -0.3 is 0 Å². The topological polar surface area (TPSA) is 49.7 Å². The van der Waals surface area contributed by atoms with Crippen molar-refractivity contribution in [3.8, 4) is 0 Å². The van der Waals surface area contributed by atoms with Gasteiger partial charge in [0.2, 0.25) is 0 Å². The average molecular weight is 270 g/mol. The van der Waals surface area contributed by atoms with Gasteiger partial charge in [-0.05, 0) is 24.8 Å². The lowest BCUT2D eigenvalue weighted by Crippen LogP contribution is -2.38. The Morgan fingerprint density at radius 3 is 2.65 bits per heavy atom. The average Bonchev–Trinajstić information content (AvgIpc) is 2.39. The SMILES string of the molecule is CSC1=NCCCN1S(=O)(=O)c1ccccc1. The maximum Gasteiger partial charge on any atom is 0.265 e. The zero-order valence-corrected chi connectivity index (χ0v) is 11.2. The van der Waals surface area contributed by atoms with Crippen molar-refractivity contribution < 1.29 is 8.42 Å². The number of amidine groups is 1. The molecule has 1 aromatic rings. The Hall–Kier alpha value is -1.01. The summed E-state index contributed by atoms with van der Waals surface area (Å²) in [6.45, 7) is 1.22. The fourth-order valence-corrected chi connectivity index (χ4v) is 4.09. The highest BCUT2D eigenvalue weighted by atomic mass is 32.2. The van der Waals surface area contributed by atoms with E-state index in [4.69, 9.17) is 0 Å². The number of hydrogen-bond acceptors (Lipinski definition) is 4. The molecular weight excluding hydrogens is 256 g/mol. The maximum absolute atomic E-state index is 12.4. The smallest absolute Gasteiger partial charge is 0.262 e. The first-order chi connectivity index (χ1) is 8.16. The number of benzene rings is 1. The molecule has 0 aromatic heterocycles. The maximum atomic E-state index is 12.4. The molecule has 2 rings (SSSR count). The van der Waals surface area contributed by atoms with E-state index in [0.717, 1.165) is 6.42 Å². The molecule has 6 heteroatoms. The third kappa shape index (κ3) is 2.47. The highest BCUT2D eigenvalue weighted by molar-refractivity contribution is 8.14. The van der Waals surface area contributed by atoms with Gasteiger partial charge in [-0.15, -0.1) is 0 Å². The van der Waals surface area contributed by atoms with Crippen LogP contribution < -0.4 is 0 Å². The molecule has 17 heavy (non-hydrogen) atoms.